The van der Waals surface area contributed by atoms with Gasteiger partial charge in [-0.15, -0.1) is 0 Å². The van der Waals surface area contributed by atoms with Gasteiger partial charge < -0.3 is 5.11 Å². The SMILES string of the molecule is CCCC(O)(c1ccccc1)c1cccc(Cl)c1. The van der Waals surface area contributed by atoms with Gasteiger partial charge in [-0.25, -0.2) is 0 Å². The van der Waals surface area contributed by atoms with Crippen LogP contribution in [0.2, 0.25) is 5.02 Å². The maximum atomic E-state index is 11.0. The monoisotopic (exact) mass is 260 g/mol. The van der Waals surface area contributed by atoms with Gasteiger partial charge in [-0.1, -0.05) is 67.4 Å². The standard InChI is InChI=1S/C16H17ClO/c1-2-11-16(18,13-7-4-3-5-8-13)14-9-6-10-15(17)12-14/h3-10,12,18H,2,11H2,1H3. The Morgan fingerprint density at radius 2 is 1.67 bits per heavy atom. The van der Waals surface area contributed by atoms with Crippen molar-refractivity contribution in [3.05, 3.63) is 70.7 Å². The lowest BCUT2D eigenvalue weighted by Gasteiger charge is -2.29. The fourth-order valence-corrected chi connectivity index (χ4v) is 2.47. The predicted octanol–water partition coefficient (Wildman–Crippen LogP) is 4.38. The summed E-state index contributed by atoms with van der Waals surface area (Å²) >= 11 is 6.03. The van der Waals surface area contributed by atoms with Crippen molar-refractivity contribution >= 4 is 11.6 Å². The molecule has 0 aliphatic heterocycles. The maximum absolute atomic E-state index is 11.0. The number of benzene rings is 2. The van der Waals surface area contributed by atoms with Crippen molar-refractivity contribution in [1.82, 2.24) is 0 Å². The van der Waals surface area contributed by atoms with Gasteiger partial charge in [-0.3, -0.25) is 0 Å². The molecule has 18 heavy (non-hydrogen) atoms. The van der Waals surface area contributed by atoms with Crippen LogP contribution in [0.1, 0.15) is 30.9 Å². The molecule has 0 fully saturated rings. The highest BCUT2D eigenvalue weighted by Crippen LogP contribution is 2.34. The summed E-state index contributed by atoms with van der Waals surface area (Å²) in [6.07, 6.45) is 1.58. The molecule has 0 amide bonds. The second kappa shape index (κ2) is 5.55. The Morgan fingerprint density at radius 3 is 2.28 bits per heavy atom. The van der Waals surface area contributed by atoms with Gasteiger partial charge >= 0.3 is 0 Å². The van der Waals surface area contributed by atoms with Crippen molar-refractivity contribution in [2.75, 3.05) is 0 Å². The van der Waals surface area contributed by atoms with Crippen LogP contribution in [0.5, 0.6) is 0 Å². The first-order valence-electron chi connectivity index (χ1n) is 6.21. The molecule has 0 saturated carbocycles. The quantitative estimate of drug-likeness (QED) is 0.865. The van der Waals surface area contributed by atoms with Crippen LogP contribution in [-0.2, 0) is 5.60 Å². The molecule has 0 spiro atoms. The third kappa shape index (κ3) is 2.58. The van der Waals surface area contributed by atoms with E-state index in [1.54, 1.807) is 0 Å². The van der Waals surface area contributed by atoms with E-state index in [4.69, 9.17) is 11.6 Å². The van der Waals surface area contributed by atoms with Crippen LogP contribution in [0.15, 0.2) is 54.6 Å². The fourth-order valence-electron chi connectivity index (χ4n) is 2.28. The van der Waals surface area contributed by atoms with Gasteiger partial charge in [-0.05, 0) is 29.7 Å². The fraction of sp³-hybridized carbons (Fsp3) is 0.250. The van der Waals surface area contributed by atoms with E-state index in [0.29, 0.717) is 11.4 Å². The zero-order valence-electron chi connectivity index (χ0n) is 10.4. The molecule has 2 aromatic carbocycles. The Labute approximate surface area is 113 Å². The van der Waals surface area contributed by atoms with E-state index in [1.807, 2.05) is 54.6 Å². The Bertz CT molecular complexity index is 510. The third-order valence-electron chi connectivity index (χ3n) is 3.17. The minimum absolute atomic E-state index is 0.651. The van der Waals surface area contributed by atoms with E-state index in [0.717, 1.165) is 17.5 Å². The lowest BCUT2D eigenvalue weighted by Crippen LogP contribution is -2.27. The number of rotatable bonds is 4. The highest BCUT2D eigenvalue weighted by atomic mass is 35.5. The van der Waals surface area contributed by atoms with Crippen molar-refractivity contribution in [3.63, 3.8) is 0 Å². The number of aliphatic hydroxyl groups is 1. The molecular weight excluding hydrogens is 244 g/mol. The third-order valence-corrected chi connectivity index (χ3v) is 3.40. The van der Waals surface area contributed by atoms with Crippen LogP contribution < -0.4 is 0 Å². The maximum Gasteiger partial charge on any atom is 0.115 e. The predicted molar refractivity (Wildman–Crippen MR) is 75.8 cm³/mol. The first-order chi connectivity index (χ1) is 8.66. The van der Waals surface area contributed by atoms with E-state index in [9.17, 15) is 5.11 Å². The summed E-state index contributed by atoms with van der Waals surface area (Å²) in [6.45, 7) is 2.07. The molecule has 2 heteroatoms. The molecule has 0 aromatic heterocycles. The molecule has 2 aromatic rings. The van der Waals surface area contributed by atoms with Crippen LogP contribution in [0.4, 0.5) is 0 Å². The summed E-state index contributed by atoms with van der Waals surface area (Å²) in [5.74, 6) is 0. The van der Waals surface area contributed by atoms with Gasteiger partial charge in [0.1, 0.15) is 5.60 Å². The van der Waals surface area contributed by atoms with Gasteiger partial charge in [0, 0.05) is 5.02 Å². The first-order valence-corrected chi connectivity index (χ1v) is 6.58. The van der Waals surface area contributed by atoms with E-state index in [2.05, 4.69) is 6.92 Å². The summed E-state index contributed by atoms with van der Waals surface area (Å²) < 4.78 is 0. The molecule has 0 bridgehead atoms. The van der Waals surface area contributed by atoms with Crippen LogP contribution in [0.25, 0.3) is 0 Å². The number of hydrogen-bond donors (Lipinski definition) is 1. The average molecular weight is 261 g/mol. The van der Waals surface area contributed by atoms with E-state index >= 15 is 0 Å². The molecule has 0 heterocycles. The minimum atomic E-state index is -0.957. The number of halogens is 1. The molecule has 1 unspecified atom stereocenters. The van der Waals surface area contributed by atoms with Gasteiger partial charge in [0.25, 0.3) is 0 Å². The van der Waals surface area contributed by atoms with Gasteiger partial charge in [-0.2, -0.15) is 0 Å². The molecule has 1 atom stereocenters. The van der Waals surface area contributed by atoms with Crippen molar-refractivity contribution < 1.29 is 5.11 Å². The number of hydrogen-bond acceptors (Lipinski definition) is 1. The highest BCUT2D eigenvalue weighted by Gasteiger charge is 2.30. The highest BCUT2D eigenvalue weighted by molar-refractivity contribution is 6.30. The average Bonchev–Trinajstić information content (AvgIpc) is 2.40. The lowest BCUT2D eigenvalue weighted by molar-refractivity contribution is 0.0702. The molecule has 1 N–H and O–H groups in total. The second-order valence-electron chi connectivity index (χ2n) is 4.49. The Balaban J connectivity index is 2.50. The van der Waals surface area contributed by atoms with E-state index in [1.165, 1.54) is 0 Å². The zero-order valence-corrected chi connectivity index (χ0v) is 11.2. The van der Waals surface area contributed by atoms with Crippen molar-refractivity contribution in [3.8, 4) is 0 Å². The zero-order chi connectivity index (χ0) is 13.0. The molecule has 94 valence electrons. The lowest BCUT2D eigenvalue weighted by atomic mass is 9.83. The molecule has 0 radical (unpaired) electrons. The minimum Gasteiger partial charge on any atom is -0.380 e. The normalized spacial score (nSPS) is 14.2. The summed E-state index contributed by atoms with van der Waals surface area (Å²) in [7, 11) is 0. The van der Waals surface area contributed by atoms with Crippen LogP contribution in [0, 0.1) is 0 Å². The Kier molecular flexibility index (Phi) is 4.05. The molecule has 0 aliphatic rings. The first kappa shape index (κ1) is 13.1. The van der Waals surface area contributed by atoms with Crippen molar-refractivity contribution in [1.29, 1.82) is 0 Å². The molecule has 0 saturated heterocycles. The molecule has 0 aliphatic carbocycles. The largest absolute Gasteiger partial charge is 0.380 e. The molecule has 1 nitrogen and oxygen atoms in total. The summed E-state index contributed by atoms with van der Waals surface area (Å²) in [6, 6.07) is 17.2. The van der Waals surface area contributed by atoms with Crippen molar-refractivity contribution in [2.24, 2.45) is 0 Å². The van der Waals surface area contributed by atoms with Gasteiger partial charge in [0.2, 0.25) is 0 Å². The molecular formula is C16H17ClO. The smallest absolute Gasteiger partial charge is 0.115 e. The van der Waals surface area contributed by atoms with E-state index in [-0.39, 0.29) is 0 Å². The van der Waals surface area contributed by atoms with Crippen molar-refractivity contribution in [2.45, 2.75) is 25.4 Å². The molecule has 2 rings (SSSR count). The summed E-state index contributed by atoms with van der Waals surface area (Å²) in [5, 5.41) is 11.7. The van der Waals surface area contributed by atoms with Crippen LogP contribution in [0.3, 0.4) is 0 Å². The Hall–Kier alpha value is -1.31. The summed E-state index contributed by atoms with van der Waals surface area (Å²) in [5.41, 5.74) is 0.804. The topological polar surface area (TPSA) is 20.2 Å². The van der Waals surface area contributed by atoms with E-state index < -0.39 is 5.60 Å². The second-order valence-corrected chi connectivity index (χ2v) is 4.92. The summed E-state index contributed by atoms with van der Waals surface area (Å²) in [4.78, 5) is 0. The van der Waals surface area contributed by atoms with Crippen LogP contribution >= 0.6 is 11.6 Å². The van der Waals surface area contributed by atoms with Gasteiger partial charge in [0.15, 0.2) is 0 Å². The van der Waals surface area contributed by atoms with Crippen LogP contribution in [-0.4, -0.2) is 5.11 Å². The Morgan fingerprint density at radius 1 is 1.00 bits per heavy atom. The van der Waals surface area contributed by atoms with Gasteiger partial charge in [0.05, 0.1) is 0 Å².